The summed E-state index contributed by atoms with van der Waals surface area (Å²) in [6, 6.07) is 21.0. The second-order valence-corrected chi connectivity index (χ2v) is 10.7. The van der Waals surface area contributed by atoms with Crippen LogP contribution in [0.3, 0.4) is 0 Å². The van der Waals surface area contributed by atoms with E-state index in [9.17, 15) is 14.4 Å². The molecule has 1 aliphatic rings. The van der Waals surface area contributed by atoms with Gasteiger partial charge in [-0.15, -0.1) is 0 Å². The molecule has 0 aromatic heterocycles. The number of nitrogens with zero attached hydrogens (tertiary/aromatic N) is 1. The smallest absolute Gasteiger partial charge is 0.343 e. The molecular weight excluding hydrogens is 682 g/mol. The van der Waals surface area contributed by atoms with Crippen LogP contribution in [0.1, 0.15) is 36.6 Å². The van der Waals surface area contributed by atoms with Crippen LogP contribution in [0, 0.1) is 0 Å². The molecule has 0 aliphatic carbocycles. The third-order valence-corrected chi connectivity index (χ3v) is 7.00. The van der Waals surface area contributed by atoms with Crippen LogP contribution in [-0.4, -0.2) is 30.8 Å². The Labute approximate surface area is 255 Å². The lowest BCUT2D eigenvalue weighted by molar-refractivity contribution is 0.0732. The Kier molecular flexibility index (Phi) is 8.67. The molecule has 4 aromatic rings. The van der Waals surface area contributed by atoms with Crippen molar-refractivity contribution in [2.75, 3.05) is 12.1 Å². The van der Waals surface area contributed by atoms with Crippen molar-refractivity contribution in [3.05, 3.63) is 115 Å². The van der Waals surface area contributed by atoms with E-state index in [4.69, 9.17) is 25.8 Å². The van der Waals surface area contributed by atoms with E-state index >= 15 is 0 Å². The number of nitrogens with one attached hydrogen (secondary N) is 2. The summed E-state index contributed by atoms with van der Waals surface area (Å²) in [6.45, 7) is 0.0841. The van der Waals surface area contributed by atoms with E-state index in [-0.39, 0.29) is 29.6 Å². The normalized spacial score (nSPS) is 11.8. The number of fused-ring (bicyclic) bond motifs is 1. The van der Waals surface area contributed by atoms with Crippen molar-refractivity contribution in [3.63, 3.8) is 0 Å². The van der Waals surface area contributed by atoms with Crippen LogP contribution in [0.15, 0.2) is 92.9 Å². The van der Waals surface area contributed by atoms with Crippen LogP contribution in [0.4, 0.5) is 5.69 Å². The van der Waals surface area contributed by atoms with Gasteiger partial charge in [-0.1, -0.05) is 33.6 Å². The largest absolute Gasteiger partial charge is 0.454 e. The summed E-state index contributed by atoms with van der Waals surface area (Å²) < 4.78 is 17.4. The lowest BCUT2D eigenvalue weighted by Crippen LogP contribution is -2.18. The maximum Gasteiger partial charge on any atom is 0.343 e. The molecule has 0 fully saturated rings. The number of anilines is 1. The average Bonchev–Trinajstić information content (AvgIpc) is 3.43. The topological polar surface area (TPSA) is 115 Å². The molecule has 2 N–H and O–H groups in total. The van der Waals surface area contributed by atoms with Crippen LogP contribution in [0.2, 0.25) is 5.02 Å². The van der Waals surface area contributed by atoms with Crippen LogP contribution >= 0.6 is 43.5 Å². The van der Waals surface area contributed by atoms with Gasteiger partial charge >= 0.3 is 5.97 Å². The third-order valence-electron chi connectivity index (χ3n) is 5.70. The molecule has 1 heterocycles. The molecule has 1 aliphatic heterocycles. The number of rotatable bonds is 7. The molecule has 0 bridgehead atoms. The number of carbonyl (C=O) groups excluding carboxylic acids is 3. The molecule has 4 aromatic carbocycles. The molecule has 0 spiro atoms. The minimum absolute atomic E-state index is 0.0841. The molecule has 0 atom stereocenters. The molecule has 0 saturated heterocycles. The van der Waals surface area contributed by atoms with Gasteiger partial charge in [-0.25, -0.2) is 10.2 Å². The van der Waals surface area contributed by atoms with Gasteiger partial charge in [-0.2, -0.15) is 5.10 Å². The van der Waals surface area contributed by atoms with Crippen molar-refractivity contribution in [1.82, 2.24) is 5.43 Å². The first-order valence-corrected chi connectivity index (χ1v) is 13.8. The van der Waals surface area contributed by atoms with E-state index in [1.165, 1.54) is 18.3 Å². The number of esters is 1. The van der Waals surface area contributed by atoms with Crippen LogP contribution in [-0.2, 0) is 0 Å². The Hall–Kier alpha value is -4.19. The predicted molar refractivity (Wildman–Crippen MR) is 160 cm³/mol. The molecule has 9 nitrogen and oxygen atoms in total. The van der Waals surface area contributed by atoms with E-state index in [1.54, 1.807) is 66.7 Å². The molecule has 12 heteroatoms. The summed E-state index contributed by atoms with van der Waals surface area (Å²) in [5.41, 5.74) is 4.23. The Morgan fingerprint density at radius 2 is 1.61 bits per heavy atom. The zero-order valence-electron chi connectivity index (χ0n) is 20.8. The van der Waals surface area contributed by atoms with Crippen molar-refractivity contribution >= 4 is 73.1 Å². The number of hydrogen-bond donors (Lipinski definition) is 2. The summed E-state index contributed by atoms with van der Waals surface area (Å²) >= 11 is 12.7. The van der Waals surface area contributed by atoms with Gasteiger partial charge in [0.2, 0.25) is 6.79 Å². The van der Waals surface area contributed by atoms with Gasteiger partial charge in [-0.05, 0) is 88.7 Å². The highest BCUT2D eigenvalue weighted by molar-refractivity contribution is 9.11. The highest BCUT2D eigenvalue weighted by Crippen LogP contribution is 2.35. The van der Waals surface area contributed by atoms with Crippen LogP contribution in [0.25, 0.3) is 0 Å². The standard InChI is InChI=1S/C29H18Br2ClN3O6/c30-20-10-19(26(23(31)13-20)41-29(38)18-6-9-24-25(12-18)40-15-39-24)14-33-35-28(37)17-2-1-3-22(11-17)34-27(36)16-4-7-21(32)8-5-16/h1-14H,15H2,(H,34,36)(H,35,37). The fraction of sp³-hybridized carbons (Fsp3) is 0.0345. The first-order valence-electron chi connectivity index (χ1n) is 11.9. The minimum atomic E-state index is -0.623. The molecule has 5 rings (SSSR count). The second kappa shape index (κ2) is 12.5. The Morgan fingerprint density at radius 3 is 2.41 bits per heavy atom. The molecule has 2 amide bonds. The lowest BCUT2D eigenvalue weighted by atomic mass is 10.1. The Bertz CT molecular complexity index is 1690. The Morgan fingerprint density at radius 1 is 0.854 bits per heavy atom. The van der Waals surface area contributed by atoms with Gasteiger partial charge in [-0.3, -0.25) is 9.59 Å². The number of hydrazone groups is 1. The second-order valence-electron chi connectivity index (χ2n) is 8.50. The van der Waals surface area contributed by atoms with Gasteiger partial charge in [0.05, 0.1) is 16.3 Å². The van der Waals surface area contributed by atoms with Gasteiger partial charge < -0.3 is 19.5 Å². The summed E-state index contributed by atoms with van der Waals surface area (Å²) in [7, 11) is 0. The predicted octanol–water partition coefficient (Wildman–Crippen LogP) is 6.83. The zero-order valence-corrected chi connectivity index (χ0v) is 24.7. The van der Waals surface area contributed by atoms with Crippen molar-refractivity contribution in [3.8, 4) is 17.2 Å². The number of carbonyl (C=O) groups is 3. The highest BCUT2D eigenvalue weighted by Gasteiger charge is 2.20. The van der Waals surface area contributed by atoms with Gasteiger partial charge in [0.25, 0.3) is 11.8 Å². The van der Waals surface area contributed by atoms with E-state index < -0.39 is 11.9 Å². The molecular formula is C29H18Br2ClN3O6. The number of benzene rings is 4. The van der Waals surface area contributed by atoms with Gasteiger partial charge in [0, 0.05) is 31.9 Å². The van der Waals surface area contributed by atoms with E-state index in [1.807, 2.05) is 0 Å². The average molecular weight is 700 g/mol. The fourth-order valence-corrected chi connectivity index (χ4v) is 5.19. The number of hydrogen-bond acceptors (Lipinski definition) is 7. The van der Waals surface area contributed by atoms with Crippen LogP contribution < -0.4 is 25.0 Å². The summed E-state index contributed by atoms with van der Waals surface area (Å²) in [6.07, 6.45) is 1.35. The lowest BCUT2D eigenvalue weighted by Gasteiger charge is -2.11. The van der Waals surface area contributed by atoms with Crippen molar-refractivity contribution in [2.24, 2.45) is 5.10 Å². The maximum absolute atomic E-state index is 12.9. The SMILES string of the molecule is O=C(NN=Cc1cc(Br)cc(Br)c1OC(=O)c1ccc2c(c1)OCO2)c1cccc(NC(=O)c2ccc(Cl)cc2)c1. The minimum Gasteiger partial charge on any atom is -0.454 e. The first-order chi connectivity index (χ1) is 19.8. The summed E-state index contributed by atoms with van der Waals surface area (Å²) in [5.74, 6) is -0.294. The third kappa shape index (κ3) is 6.94. The first kappa shape index (κ1) is 28.3. The highest BCUT2D eigenvalue weighted by atomic mass is 79.9. The zero-order chi connectivity index (χ0) is 28.9. The molecule has 0 saturated carbocycles. The molecule has 41 heavy (non-hydrogen) atoms. The van der Waals surface area contributed by atoms with E-state index in [0.29, 0.717) is 42.3 Å². The summed E-state index contributed by atoms with van der Waals surface area (Å²) in [5, 5.41) is 7.31. The maximum atomic E-state index is 12.9. The monoisotopic (exact) mass is 697 g/mol. The molecule has 206 valence electrons. The number of amides is 2. The van der Waals surface area contributed by atoms with Crippen molar-refractivity contribution in [2.45, 2.75) is 0 Å². The number of halogens is 3. The van der Waals surface area contributed by atoms with Crippen molar-refractivity contribution < 1.29 is 28.6 Å². The van der Waals surface area contributed by atoms with Gasteiger partial charge in [0.15, 0.2) is 17.2 Å². The summed E-state index contributed by atoms with van der Waals surface area (Å²) in [4.78, 5) is 38.2. The molecule has 0 radical (unpaired) electrons. The van der Waals surface area contributed by atoms with Gasteiger partial charge in [0.1, 0.15) is 0 Å². The quantitative estimate of drug-likeness (QED) is 0.0947. The molecule has 0 unspecified atom stereocenters. The fourth-order valence-electron chi connectivity index (χ4n) is 3.73. The van der Waals surface area contributed by atoms with E-state index in [0.717, 1.165) is 0 Å². The van der Waals surface area contributed by atoms with Crippen LogP contribution in [0.5, 0.6) is 17.2 Å². The number of ether oxygens (including phenoxy) is 3. The van der Waals surface area contributed by atoms with E-state index in [2.05, 4.69) is 47.7 Å². The Balaban J connectivity index is 1.27. The van der Waals surface area contributed by atoms with Crippen molar-refractivity contribution in [1.29, 1.82) is 0 Å².